The van der Waals surface area contributed by atoms with Gasteiger partial charge in [-0.2, -0.15) is 0 Å². The van der Waals surface area contributed by atoms with Crippen molar-refractivity contribution < 1.29 is 19.4 Å². The zero-order valence-electron chi connectivity index (χ0n) is 11.5. The van der Waals surface area contributed by atoms with E-state index in [-0.39, 0.29) is 5.69 Å². The van der Waals surface area contributed by atoms with Gasteiger partial charge in [-0.25, -0.2) is 4.98 Å². The predicted octanol–water partition coefficient (Wildman–Crippen LogP) is 1.91. The molecule has 0 aliphatic heterocycles. The Morgan fingerprint density at radius 3 is 2.71 bits per heavy atom. The highest BCUT2D eigenvalue weighted by Gasteiger charge is 2.19. The molecule has 0 spiro atoms. The van der Waals surface area contributed by atoms with E-state index in [2.05, 4.69) is 10.3 Å². The number of ether oxygens (including phenoxy) is 2. The van der Waals surface area contributed by atoms with Gasteiger partial charge in [-0.05, 0) is 18.2 Å². The number of para-hydroxylation sites is 2. The summed E-state index contributed by atoms with van der Waals surface area (Å²) in [6.45, 7) is 0.764. The summed E-state index contributed by atoms with van der Waals surface area (Å²) in [5, 5.41) is 13.8. The van der Waals surface area contributed by atoms with Gasteiger partial charge in [-0.1, -0.05) is 12.1 Å². The standard InChI is InChI=1S/C14H15N3O4/c1-20-12-6-2-3-7-13(12)21-10-9-16-14-11(17(18)19)5-4-8-15-14/h2-8H,9-10H2,1H3,(H,15,16)/p+1. The van der Waals surface area contributed by atoms with Crippen molar-refractivity contribution in [1.82, 2.24) is 0 Å². The van der Waals surface area contributed by atoms with Crippen LogP contribution in [0, 0.1) is 10.1 Å². The van der Waals surface area contributed by atoms with E-state index < -0.39 is 4.92 Å². The molecule has 0 amide bonds. The number of aromatic amines is 1. The summed E-state index contributed by atoms with van der Waals surface area (Å²) < 4.78 is 10.7. The van der Waals surface area contributed by atoms with Crippen molar-refractivity contribution in [3.05, 3.63) is 52.7 Å². The fourth-order valence-electron chi connectivity index (χ4n) is 1.80. The second-order valence-corrected chi connectivity index (χ2v) is 4.11. The minimum Gasteiger partial charge on any atom is -0.493 e. The summed E-state index contributed by atoms with van der Waals surface area (Å²) in [5.41, 5.74) is -0.00482. The molecule has 2 N–H and O–H groups in total. The topological polar surface area (TPSA) is 87.8 Å². The van der Waals surface area contributed by atoms with E-state index in [1.807, 2.05) is 12.1 Å². The maximum Gasteiger partial charge on any atom is 0.357 e. The van der Waals surface area contributed by atoms with E-state index in [1.54, 1.807) is 31.5 Å². The third-order valence-electron chi connectivity index (χ3n) is 2.76. The van der Waals surface area contributed by atoms with Gasteiger partial charge in [0.2, 0.25) is 0 Å². The molecule has 1 aromatic carbocycles. The lowest BCUT2D eigenvalue weighted by Crippen LogP contribution is -2.19. The molecule has 0 unspecified atom stereocenters. The summed E-state index contributed by atoms with van der Waals surface area (Å²) in [4.78, 5) is 13.2. The van der Waals surface area contributed by atoms with Gasteiger partial charge in [-0.3, -0.25) is 15.4 Å². The summed E-state index contributed by atoms with van der Waals surface area (Å²) >= 11 is 0. The lowest BCUT2D eigenvalue weighted by Gasteiger charge is -2.09. The minimum absolute atomic E-state index is 0.00482. The Kier molecular flexibility index (Phi) is 4.92. The van der Waals surface area contributed by atoms with Crippen LogP contribution in [0.5, 0.6) is 11.5 Å². The van der Waals surface area contributed by atoms with Gasteiger partial charge in [0.25, 0.3) is 0 Å². The predicted molar refractivity (Wildman–Crippen MR) is 76.6 cm³/mol. The molecule has 0 fully saturated rings. The quantitative estimate of drug-likeness (QED) is 0.478. The normalized spacial score (nSPS) is 9.95. The van der Waals surface area contributed by atoms with Gasteiger partial charge in [0.1, 0.15) is 13.2 Å². The Bertz CT molecular complexity index is 619. The first kappa shape index (κ1) is 14.6. The third-order valence-corrected chi connectivity index (χ3v) is 2.76. The molecule has 0 aliphatic carbocycles. The van der Waals surface area contributed by atoms with Gasteiger partial charge in [0.15, 0.2) is 11.5 Å². The average molecular weight is 290 g/mol. The molecule has 2 aromatic rings. The Hall–Kier alpha value is -2.83. The number of anilines is 1. The Morgan fingerprint density at radius 2 is 2.00 bits per heavy atom. The lowest BCUT2D eigenvalue weighted by molar-refractivity contribution is -0.409. The lowest BCUT2D eigenvalue weighted by atomic mass is 10.3. The molecule has 21 heavy (non-hydrogen) atoms. The van der Waals surface area contributed by atoms with Crippen molar-refractivity contribution in [2.45, 2.75) is 0 Å². The zero-order valence-corrected chi connectivity index (χ0v) is 11.5. The Morgan fingerprint density at radius 1 is 1.24 bits per heavy atom. The van der Waals surface area contributed by atoms with Crippen LogP contribution in [0.3, 0.4) is 0 Å². The summed E-state index contributed by atoms with van der Waals surface area (Å²) in [7, 11) is 1.57. The van der Waals surface area contributed by atoms with Crippen molar-refractivity contribution in [2.24, 2.45) is 0 Å². The summed E-state index contributed by atoms with van der Waals surface area (Å²) in [6.07, 6.45) is 1.62. The molecule has 110 valence electrons. The van der Waals surface area contributed by atoms with Crippen LogP contribution in [0.4, 0.5) is 11.5 Å². The van der Waals surface area contributed by atoms with Crippen molar-refractivity contribution in [2.75, 3.05) is 25.6 Å². The number of rotatable bonds is 7. The highest BCUT2D eigenvalue weighted by atomic mass is 16.6. The minimum atomic E-state index is -0.445. The highest BCUT2D eigenvalue weighted by Crippen LogP contribution is 2.25. The molecular formula is C14H16N3O4+. The number of H-pyrrole nitrogens is 1. The van der Waals surface area contributed by atoms with Crippen LogP contribution >= 0.6 is 0 Å². The fourth-order valence-corrected chi connectivity index (χ4v) is 1.80. The van der Waals surface area contributed by atoms with Gasteiger partial charge >= 0.3 is 11.5 Å². The molecule has 0 bridgehead atoms. The highest BCUT2D eigenvalue weighted by molar-refractivity contribution is 5.50. The van der Waals surface area contributed by atoms with E-state index in [0.717, 1.165) is 0 Å². The monoisotopic (exact) mass is 290 g/mol. The zero-order chi connectivity index (χ0) is 15.1. The number of aromatic nitrogens is 1. The molecule has 0 aliphatic rings. The van der Waals surface area contributed by atoms with Crippen molar-refractivity contribution in [3.8, 4) is 11.5 Å². The van der Waals surface area contributed by atoms with Crippen LogP contribution in [0.25, 0.3) is 0 Å². The number of methoxy groups -OCH3 is 1. The van der Waals surface area contributed by atoms with Gasteiger partial charge in [-0.15, -0.1) is 0 Å². The summed E-state index contributed by atoms with van der Waals surface area (Å²) in [6, 6.07) is 10.3. The van der Waals surface area contributed by atoms with E-state index in [0.29, 0.717) is 30.5 Å². The van der Waals surface area contributed by atoms with Crippen LogP contribution in [-0.2, 0) is 0 Å². The number of hydrogen-bond donors (Lipinski definition) is 1. The molecule has 1 aromatic heterocycles. The van der Waals surface area contributed by atoms with Crippen LogP contribution in [0.2, 0.25) is 0 Å². The van der Waals surface area contributed by atoms with Crippen LogP contribution in [0.1, 0.15) is 0 Å². The number of hydrogen-bond acceptors (Lipinski definition) is 5. The van der Waals surface area contributed by atoms with Gasteiger partial charge in [0, 0.05) is 6.07 Å². The molecule has 7 nitrogen and oxygen atoms in total. The molecule has 7 heteroatoms. The molecule has 0 atom stereocenters. The Labute approximate surface area is 121 Å². The first-order valence-electron chi connectivity index (χ1n) is 6.37. The van der Waals surface area contributed by atoms with Gasteiger partial charge < -0.3 is 9.47 Å². The first-order valence-corrected chi connectivity index (χ1v) is 6.37. The van der Waals surface area contributed by atoms with Crippen molar-refractivity contribution >= 4 is 11.5 Å². The van der Waals surface area contributed by atoms with Crippen molar-refractivity contribution in [3.63, 3.8) is 0 Å². The van der Waals surface area contributed by atoms with E-state index in [1.165, 1.54) is 6.07 Å². The Balaban J connectivity index is 1.89. The molecule has 0 saturated heterocycles. The molecule has 2 rings (SSSR count). The van der Waals surface area contributed by atoms with E-state index >= 15 is 0 Å². The molecular weight excluding hydrogens is 274 g/mol. The number of nitro groups is 1. The molecule has 1 heterocycles. The third kappa shape index (κ3) is 3.82. The maximum absolute atomic E-state index is 10.9. The summed E-state index contributed by atoms with van der Waals surface area (Å²) in [5.74, 6) is 1.63. The average Bonchev–Trinajstić information content (AvgIpc) is 2.52. The maximum atomic E-state index is 10.9. The largest absolute Gasteiger partial charge is 0.493 e. The second-order valence-electron chi connectivity index (χ2n) is 4.11. The van der Waals surface area contributed by atoms with Crippen LogP contribution in [0.15, 0.2) is 42.6 Å². The van der Waals surface area contributed by atoms with Crippen LogP contribution < -0.4 is 19.8 Å². The smallest absolute Gasteiger partial charge is 0.357 e. The number of nitrogens with zero attached hydrogens (tertiary/aromatic N) is 1. The SMILES string of the molecule is COc1ccccc1OCCNc1[nH+]cccc1[N+](=O)[O-]. The first-order chi connectivity index (χ1) is 10.2. The van der Waals surface area contributed by atoms with Crippen molar-refractivity contribution in [1.29, 1.82) is 0 Å². The van der Waals surface area contributed by atoms with E-state index in [9.17, 15) is 10.1 Å². The van der Waals surface area contributed by atoms with Gasteiger partial charge in [0.05, 0.1) is 18.2 Å². The molecule has 0 saturated carbocycles. The second kappa shape index (κ2) is 7.09. The molecule has 0 radical (unpaired) electrons. The van der Waals surface area contributed by atoms with E-state index in [4.69, 9.17) is 9.47 Å². The number of pyridine rings is 1. The fraction of sp³-hybridized carbons (Fsp3) is 0.214. The number of benzene rings is 1. The van der Waals surface area contributed by atoms with Crippen LogP contribution in [-0.4, -0.2) is 25.2 Å². The number of nitrogens with one attached hydrogen (secondary N) is 2.